The van der Waals surface area contributed by atoms with E-state index in [1.807, 2.05) is 30.3 Å². The zero-order valence-corrected chi connectivity index (χ0v) is 10.3. The van der Waals surface area contributed by atoms with Gasteiger partial charge in [-0.1, -0.05) is 30.3 Å². The van der Waals surface area contributed by atoms with Crippen LogP contribution in [0.2, 0.25) is 0 Å². The molecule has 0 radical (unpaired) electrons. The molecule has 0 saturated heterocycles. The summed E-state index contributed by atoms with van der Waals surface area (Å²) in [5.41, 5.74) is 7.00. The van der Waals surface area contributed by atoms with Crippen molar-refractivity contribution in [3.05, 3.63) is 47.0 Å². The topological polar surface area (TPSA) is 59.2 Å². The molecule has 0 bridgehead atoms. The Hall–Kier alpha value is -1.88. The van der Waals surface area contributed by atoms with Gasteiger partial charge in [0.2, 0.25) is 0 Å². The lowest BCUT2D eigenvalue weighted by Crippen LogP contribution is -2.26. The minimum Gasteiger partial charge on any atom is -0.375 e. The number of nitrogen functional groups attached to an aromatic ring is 1. The summed E-state index contributed by atoms with van der Waals surface area (Å²) < 4.78 is 0. The summed E-state index contributed by atoms with van der Waals surface area (Å²) in [6, 6.07) is 9.83. The molecule has 0 unspecified atom stereocenters. The molecule has 1 aromatic carbocycles. The molecule has 0 atom stereocenters. The van der Waals surface area contributed by atoms with Crippen molar-refractivity contribution in [2.45, 2.75) is 6.54 Å². The number of nitrogens with two attached hydrogens (primary N) is 1. The molecule has 2 aromatic rings. The highest BCUT2D eigenvalue weighted by Gasteiger charge is 2.14. The van der Waals surface area contributed by atoms with Crippen molar-refractivity contribution in [1.82, 2.24) is 9.88 Å². The second kappa shape index (κ2) is 4.97. The van der Waals surface area contributed by atoms with Crippen LogP contribution in [0.4, 0.5) is 5.13 Å². The van der Waals surface area contributed by atoms with Gasteiger partial charge in [-0.05, 0) is 5.56 Å². The maximum absolute atomic E-state index is 12.0. The molecule has 2 rings (SSSR count). The van der Waals surface area contributed by atoms with Crippen molar-refractivity contribution < 1.29 is 4.79 Å². The number of carbonyl (C=O) groups is 1. The number of amides is 1. The molecular weight excluding hydrogens is 234 g/mol. The van der Waals surface area contributed by atoms with E-state index in [0.29, 0.717) is 17.4 Å². The van der Waals surface area contributed by atoms with Crippen LogP contribution in [0.15, 0.2) is 35.7 Å². The standard InChI is InChI=1S/C12H13N3OS/c1-15(7-9-5-3-2-4-6-9)11(16)10-8-17-12(13)14-10/h2-6,8H,7H2,1H3,(H2,13,14). The van der Waals surface area contributed by atoms with Gasteiger partial charge in [0.1, 0.15) is 5.69 Å². The van der Waals surface area contributed by atoms with E-state index >= 15 is 0 Å². The molecule has 4 nitrogen and oxygen atoms in total. The van der Waals surface area contributed by atoms with Gasteiger partial charge >= 0.3 is 0 Å². The molecule has 88 valence electrons. The van der Waals surface area contributed by atoms with Gasteiger partial charge in [-0.3, -0.25) is 4.79 Å². The van der Waals surface area contributed by atoms with Crippen molar-refractivity contribution in [3.63, 3.8) is 0 Å². The van der Waals surface area contributed by atoms with Gasteiger partial charge < -0.3 is 10.6 Å². The zero-order chi connectivity index (χ0) is 12.3. The lowest BCUT2D eigenvalue weighted by atomic mass is 10.2. The van der Waals surface area contributed by atoms with Crippen molar-refractivity contribution in [2.24, 2.45) is 0 Å². The molecule has 0 spiro atoms. The van der Waals surface area contributed by atoms with Crippen LogP contribution in [-0.4, -0.2) is 22.8 Å². The van der Waals surface area contributed by atoms with Gasteiger partial charge in [0.25, 0.3) is 5.91 Å². The van der Waals surface area contributed by atoms with E-state index in [2.05, 4.69) is 4.98 Å². The SMILES string of the molecule is CN(Cc1ccccc1)C(=O)c1csc(N)n1. The Morgan fingerprint density at radius 2 is 2.12 bits per heavy atom. The Morgan fingerprint density at radius 1 is 1.41 bits per heavy atom. The third-order valence-corrected chi connectivity index (χ3v) is 3.02. The van der Waals surface area contributed by atoms with Gasteiger partial charge in [0.15, 0.2) is 5.13 Å². The Morgan fingerprint density at radius 3 is 2.71 bits per heavy atom. The fraction of sp³-hybridized carbons (Fsp3) is 0.167. The molecular formula is C12H13N3OS. The number of carbonyl (C=O) groups excluding carboxylic acids is 1. The van der Waals surface area contributed by atoms with Gasteiger partial charge in [-0.2, -0.15) is 0 Å². The van der Waals surface area contributed by atoms with Crippen LogP contribution in [0, 0.1) is 0 Å². The second-order valence-corrected chi connectivity index (χ2v) is 4.61. The van der Waals surface area contributed by atoms with Crippen molar-refractivity contribution in [2.75, 3.05) is 12.8 Å². The molecule has 0 saturated carbocycles. The highest BCUT2D eigenvalue weighted by molar-refractivity contribution is 7.13. The Kier molecular flexibility index (Phi) is 3.39. The van der Waals surface area contributed by atoms with Gasteiger partial charge in [-0.15, -0.1) is 11.3 Å². The Labute approximate surface area is 104 Å². The number of hydrogen-bond donors (Lipinski definition) is 1. The van der Waals surface area contributed by atoms with E-state index in [1.165, 1.54) is 11.3 Å². The summed E-state index contributed by atoms with van der Waals surface area (Å²) in [6.07, 6.45) is 0. The first-order valence-electron chi connectivity index (χ1n) is 5.17. The molecule has 0 aliphatic rings. The smallest absolute Gasteiger partial charge is 0.273 e. The van der Waals surface area contributed by atoms with E-state index in [9.17, 15) is 4.79 Å². The number of thiazole rings is 1. The summed E-state index contributed by atoms with van der Waals surface area (Å²) in [4.78, 5) is 17.6. The van der Waals surface area contributed by atoms with Crippen LogP contribution in [-0.2, 0) is 6.54 Å². The summed E-state index contributed by atoms with van der Waals surface area (Å²) >= 11 is 1.28. The normalized spacial score (nSPS) is 10.2. The zero-order valence-electron chi connectivity index (χ0n) is 9.46. The number of anilines is 1. The first-order valence-corrected chi connectivity index (χ1v) is 6.05. The lowest BCUT2D eigenvalue weighted by molar-refractivity contribution is 0.0780. The fourth-order valence-corrected chi connectivity index (χ4v) is 2.05. The molecule has 0 aliphatic carbocycles. The van der Waals surface area contributed by atoms with Crippen molar-refractivity contribution >= 4 is 22.4 Å². The maximum Gasteiger partial charge on any atom is 0.273 e. The quantitative estimate of drug-likeness (QED) is 0.902. The van der Waals surface area contributed by atoms with Crippen molar-refractivity contribution in [1.29, 1.82) is 0 Å². The van der Waals surface area contributed by atoms with Crippen LogP contribution in [0.1, 0.15) is 16.1 Å². The first kappa shape index (κ1) is 11.6. The van der Waals surface area contributed by atoms with Crippen molar-refractivity contribution in [3.8, 4) is 0 Å². The van der Waals surface area contributed by atoms with Crippen LogP contribution >= 0.6 is 11.3 Å². The Balaban J connectivity index is 2.06. The number of aromatic nitrogens is 1. The number of rotatable bonds is 3. The van der Waals surface area contributed by atoms with E-state index in [0.717, 1.165) is 5.56 Å². The van der Waals surface area contributed by atoms with E-state index < -0.39 is 0 Å². The van der Waals surface area contributed by atoms with E-state index in [-0.39, 0.29) is 5.91 Å². The van der Waals surface area contributed by atoms with Crippen LogP contribution in [0.3, 0.4) is 0 Å². The minimum absolute atomic E-state index is 0.109. The highest BCUT2D eigenvalue weighted by Crippen LogP contribution is 2.13. The molecule has 1 heterocycles. The molecule has 2 N–H and O–H groups in total. The summed E-state index contributed by atoms with van der Waals surface area (Å²) in [5, 5.41) is 2.10. The summed E-state index contributed by atoms with van der Waals surface area (Å²) in [7, 11) is 1.75. The first-order chi connectivity index (χ1) is 8.16. The highest BCUT2D eigenvalue weighted by atomic mass is 32.1. The predicted molar refractivity (Wildman–Crippen MR) is 68.8 cm³/mol. The minimum atomic E-state index is -0.109. The third kappa shape index (κ3) is 2.82. The maximum atomic E-state index is 12.0. The van der Waals surface area contributed by atoms with Gasteiger partial charge in [0, 0.05) is 19.0 Å². The van der Waals surface area contributed by atoms with Crippen LogP contribution in [0.5, 0.6) is 0 Å². The van der Waals surface area contributed by atoms with Gasteiger partial charge in [-0.25, -0.2) is 4.98 Å². The average Bonchev–Trinajstić information content (AvgIpc) is 2.76. The number of benzene rings is 1. The molecule has 0 aliphatic heterocycles. The predicted octanol–water partition coefficient (Wildman–Crippen LogP) is 2.00. The van der Waals surface area contributed by atoms with E-state index in [1.54, 1.807) is 17.3 Å². The monoisotopic (exact) mass is 247 g/mol. The lowest BCUT2D eigenvalue weighted by Gasteiger charge is -2.15. The molecule has 5 heteroatoms. The molecule has 1 amide bonds. The van der Waals surface area contributed by atoms with Crippen LogP contribution < -0.4 is 5.73 Å². The number of hydrogen-bond acceptors (Lipinski definition) is 4. The summed E-state index contributed by atoms with van der Waals surface area (Å²) in [6.45, 7) is 0.567. The largest absolute Gasteiger partial charge is 0.375 e. The molecule has 17 heavy (non-hydrogen) atoms. The summed E-state index contributed by atoms with van der Waals surface area (Å²) in [5.74, 6) is -0.109. The van der Waals surface area contributed by atoms with Gasteiger partial charge in [0.05, 0.1) is 0 Å². The van der Waals surface area contributed by atoms with Crippen LogP contribution in [0.25, 0.3) is 0 Å². The Bertz CT molecular complexity index is 509. The van der Waals surface area contributed by atoms with E-state index in [4.69, 9.17) is 5.73 Å². The molecule has 0 fully saturated rings. The number of nitrogens with zero attached hydrogens (tertiary/aromatic N) is 2. The average molecular weight is 247 g/mol. The third-order valence-electron chi connectivity index (χ3n) is 2.35. The fourth-order valence-electron chi connectivity index (χ4n) is 1.51. The molecule has 1 aromatic heterocycles. The second-order valence-electron chi connectivity index (χ2n) is 3.72.